The van der Waals surface area contributed by atoms with Crippen LogP contribution < -0.4 is 5.76 Å². The number of ether oxygens (including phenoxy) is 1. The summed E-state index contributed by atoms with van der Waals surface area (Å²) in [5.74, 6) is -0.272. The molecule has 0 unspecified atom stereocenters. The molecule has 0 saturated carbocycles. The van der Waals surface area contributed by atoms with Crippen LogP contribution in [0.15, 0.2) is 27.4 Å². The SMILES string of the molecule is COC(=O)[C@H]1CN(C(=O)CCn2c(=O)oc3cc(Cl)ccc32)CCS1. The fourth-order valence-electron chi connectivity index (χ4n) is 2.77. The van der Waals surface area contributed by atoms with Crippen molar-refractivity contribution in [2.24, 2.45) is 0 Å². The number of rotatable bonds is 4. The van der Waals surface area contributed by atoms with Gasteiger partial charge in [0.25, 0.3) is 0 Å². The van der Waals surface area contributed by atoms with Crippen molar-refractivity contribution in [3.8, 4) is 0 Å². The Balaban J connectivity index is 1.67. The molecule has 1 aliphatic heterocycles. The van der Waals surface area contributed by atoms with Gasteiger partial charge in [0.15, 0.2) is 5.58 Å². The van der Waals surface area contributed by atoms with Crippen molar-refractivity contribution >= 4 is 46.3 Å². The number of halogens is 1. The van der Waals surface area contributed by atoms with Crippen LogP contribution in [0.4, 0.5) is 0 Å². The van der Waals surface area contributed by atoms with Crippen LogP contribution >= 0.6 is 23.4 Å². The molecule has 7 nitrogen and oxygen atoms in total. The fraction of sp³-hybridized carbons (Fsp3) is 0.438. The van der Waals surface area contributed by atoms with E-state index < -0.39 is 5.76 Å². The Bertz CT molecular complexity index is 862. The smallest absolute Gasteiger partial charge is 0.419 e. The van der Waals surface area contributed by atoms with Crippen LogP contribution in [0.25, 0.3) is 11.1 Å². The molecule has 9 heteroatoms. The maximum absolute atomic E-state index is 12.4. The summed E-state index contributed by atoms with van der Waals surface area (Å²) in [7, 11) is 1.34. The molecule has 1 fully saturated rings. The molecule has 1 aliphatic rings. The number of amides is 1. The molecule has 1 aromatic carbocycles. The van der Waals surface area contributed by atoms with E-state index in [-0.39, 0.29) is 30.1 Å². The molecule has 1 aromatic heterocycles. The number of methoxy groups -OCH3 is 1. The molecule has 1 atom stereocenters. The lowest BCUT2D eigenvalue weighted by atomic mass is 10.3. The Hall–Kier alpha value is -1.93. The van der Waals surface area contributed by atoms with Gasteiger partial charge in [-0.1, -0.05) is 11.6 Å². The first-order valence-corrected chi connectivity index (χ1v) is 9.18. The molecular formula is C16H17ClN2O5S. The van der Waals surface area contributed by atoms with Gasteiger partial charge in [0, 0.05) is 42.9 Å². The second-order valence-electron chi connectivity index (χ2n) is 5.60. The number of benzene rings is 1. The summed E-state index contributed by atoms with van der Waals surface area (Å²) < 4.78 is 11.3. The third-order valence-corrected chi connectivity index (χ3v) is 5.46. The van der Waals surface area contributed by atoms with Gasteiger partial charge in [0.05, 0.1) is 12.6 Å². The van der Waals surface area contributed by atoms with Crippen molar-refractivity contribution in [1.29, 1.82) is 0 Å². The maximum Gasteiger partial charge on any atom is 0.419 e. The van der Waals surface area contributed by atoms with Gasteiger partial charge in [-0.2, -0.15) is 0 Å². The molecule has 0 spiro atoms. The Morgan fingerprint density at radius 1 is 1.44 bits per heavy atom. The lowest BCUT2D eigenvalue weighted by molar-refractivity contribution is -0.141. The molecule has 0 radical (unpaired) electrons. The van der Waals surface area contributed by atoms with Crippen LogP contribution in [0.3, 0.4) is 0 Å². The minimum Gasteiger partial charge on any atom is -0.468 e. The van der Waals surface area contributed by atoms with Gasteiger partial charge < -0.3 is 14.1 Å². The number of aromatic nitrogens is 1. The largest absolute Gasteiger partial charge is 0.468 e. The Morgan fingerprint density at radius 3 is 3.00 bits per heavy atom. The van der Waals surface area contributed by atoms with E-state index in [0.717, 1.165) is 0 Å². The zero-order valence-electron chi connectivity index (χ0n) is 13.6. The molecule has 2 heterocycles. The molecule has 25 heavy (non-hydrogen) atoms. The number of aryl methyl sites for hydroxylation is 1. The summed E-state index contributed by atoms with van der Waals surface area (Å²) in [6.45, 7) is 1.11. The summed E-state index contributed by atoms with van der Waals surface area (Å²) in [6.07, 6.45) is 0.149. The van der Waals surface area contributed by atoms with Crippen LogP contribution in [0.2, 0.25) is 5.02 Å². The van der Waals surface area contributed by atoms with E-state index in [1.54, 1.807) is 23.1 Å². The number of oxazole rings is 1. The second-order valence-corrected chi connectivity index (χ2v) is 7.35. The van der Waals surface area contributed by atoms with Crippen molar-refractivity contribution in [2.45, 2.75) is 18.2 Å². The molecule has 0 N–H and O–H groups in total. The van der Waals surface area contributed by atoms with Gasteiger partial charge in [0.1, 0.15) is 5.25 Å². The van der Waals surface area contributed by atoms with Crippen molar-refractivity contribution in [2.75, 3.05) is 26.0 Å². The number of carbonyl (C=O) groups is 2. The average Bonchev–Trinajstić information content (AvgIpc) is 2.93. The molecule has 1 amide bonds. The summed E-state index contributed by atoms with van der Waals surface area (Å²) in [4.78, 5) is 37.7. The number of hydrogen-bond acceptors (Lipinski definition) is 6. The molecule has 2 aromatic rings. The van der Waals surface area contributed by atoms with Gasteiger partial charge in [-0.15, -0.1) is 11.8 Å². The highest BCUT2D eigenvalue weighted by atomic mass is 35.5. The van der Waals surface area contributed by atoms with Crippen LogP contribution in [-0.4, -0.2) is 52.5 Å². The van der Waals surface area contributed by atoms with Crippen LogP contribution in [0.5, 0.6) is 0 Å². The summed E-state index contributed by atoms with van der Waals surface area (Å²) >= 11 is 7.38. The summed E-state index contributed by atoms with van der Waals surface area (Å²) in [6, 6.07) is 4.93. The summed E-state index contributed by atoms with van der Waals surface area (Å²) in [5, 5.41) is 0.117. The highest BCUT2D eigenvalue weighted by Gasteiger charge is 2.29. The highest BCUT2D eigenvalue weighted by Crippen LogP contribution is 2.21. The minimum atomic E-state index is -0.522. The van der Waals surface area contributed by atoms with Crippen molar-refractivity contribution in [3.05, 3.63) is 33.8 Å². The molecular weight excluding hydrogens is 368 g/mol. The first-order chi connectivity index (χ1) is 12.0. The molecule has 134 valence electrons. The van der Waals surface area contributed by atoms with E-state index in [1.165, 1.54) is 23.4 Å². The lowest BCUT2D eigenvalue weighted by Gasteiger charge is -2.31. The van der Waals surface area contributed by atoms with Gasteiger partial charge in [-0.3, -0.25) is 14.2 Å². The quantitative estimate of drug-likeness (QED) is 0.747. The normalized spacial score (nSPS) is 17.7. The number of esters is 1. The van der Waals surface area contributed by atoms with Crippen LogP contribution in [0, 0.1) is 0 Å². The number of hydrogen-bond donors (Lipinski definition) is 0. The van der Waals surface area contributed by atoms with E-state index in [9.17, 15) is 14.4 Å². The van der Waals surface area contributed by atoms with E-state index in [4.69, 9.17) is 20.8 Å². The molecule has 3 rings (SSSR count). The second kappa shape index (κ2) is 7.53. The monoisotopic (exact) mass is 384 g/mol. The van der Waals surface area contributed by atoms with Gasteiger partial charge in [0.2, 0.25) is 5.91 Å². The Labute approximate surface area is 152 Å². The molecule has 0 bridgehead atoms. The first-order valence-electron chi connectivity index (χ1n) is 7.75. The molecule has 1 saturated heterocycles. The van der Waals surface area contributed by atoms with Crippen LogP contribution in [-0.2, 0) is 20.9 Å². The van der Waals surface area contributed by atoms with Crippen molar-refractivity contribution in [3.63, 3.8) is 0 Å². The number of thioether (sulfide) groups is 1. The maximum atomic E-state index is 12.4. The number of nitrogens with zero attached hydrogens (tertiary/aromatic N) is 2. The predicted octanol–water partition coefficient (Wildman–Crippen LogP) is 1.75. The minimum absolute atomic E-state index is 0.107. The standard InChI is InChI=1S/C16H17ClN2O5S/c1-23-15(21)13-9-18(6-7-25-13)14(20)4-5-19-11-3-2-10(17)8-12(11)24-16(19)22/h2-3,8,13H,4-7,9H2,1H3/t13-/m1/s1. The lowest BCUT2D eigenvalue weighted by Crippen LogP contribution is -2.45. The Kier molecular flexibility index (Phi) is 5.39. The van der Waals surface area contributed by atoms with E-state index >= 15 is 0 Å². The van der Waals surface area contributed by atoms with Gasteiger partial charge >= 0.3 is 11.7 Å². The predicted molar refractivity (Wildman–Crippen MR) is 94.9 cm³/mol. The first kappa shape index (κ1) is 17.9. The average molecular weight is 385 g/mol. The van der Waals surface area contributed by atoms with E-state index in [0.29, 0.717) is 35.0 Å². The number of carbonyl (C=O) groups excluding carboxylic acids is 2. The molecule has 0 aliphatic carbocycles. The summed E-state index contributed by atoms with van der Waals surface area (Å²) in [5.41, 5.74) is 0.994. The van der Waals surface area contributed by atoms with E-state index in [2.05, 4.69) is 0 Å². The Morgan fingerprint density at radius 2 is 2.24 bits per heavy atom. The van der Waals surface area contributed by atoms with Gasteiger partial charge in [-0.05, 0) is 12.1 Å². The fourth-order valence-corrected chi connectivity index (χ4v) is 4.06. The van der Waals surface area contributed by atoms with Gasteiger partial charge in [-0.25, -0.2) is 4.79 Å². The van der Waals surface area contributed by atoms with Crippen LogP contribution in [0.1, 0.15) is 6.42 Å². The third-order valence-electron chi connectivity index (χ3n) is 4.06. The highest BCUT2D eigenvalue weighted by molar-refractivity contribution is 8.00. The van der Waals surface area contributed by atoms with Crippen molar-refractivity contribution in [1.82, 2.24) is 9.47 Å². The van der Waals surface area contributed by atoms with E-state index in [1.807, 2.05) is 0 Å². The third kappa shape index (κ3) is 3.85. The van der Waals surface area contributed by atoms with Crippen molar-refractivity contribution < 1.29 is 18.7 Å². The zero-order chi connectivity index (χ0) is 18.0. The zero-order valence-corrected chi connectivity index (χ0v) is 15.1. The number of fused-ring (bicyclic) bond motifs is 1. The topological polar surface area (TPSA) is 81.8 Å².